The van der Waals surface area contributed by atoms with Crippen molar-refractivity contribution in [1.82, 2.24) is 20.6 Å². The Morgan fingerprint density at radius 2 is 2.05 bits per heavy atom. The van der Waals surface area contributed by atoms with Crippen molar-refractivity contribution in [2.24, 2.45) is 11.8 Å². The third-order valence-electron chi connectivity index (χ3n) is 4.17. The quantitative estimate of drug-likeness (QED) is 0.736. The van der Waals surface area contributed by atoms with Crippen molar-refractivity contribution in [2.45, 2.75) is 33.2 Å². The molecule has 0 fully saturated rings. The first-order valence-electron chi connectivity index (χ1n) is 7.96. The van der Waals surface area contributed by atoms with Crippen molar-refractivity contribution in [1.29, 1.82) is 0 Å². The van der Waals surface area contributed by atoms with Crippen LogP contribution < -0.4 is 10.6 Å². The van der Waals surface area contributed by atoms with Gasteiger partial charge in [-0.1, -0.05) is 39.3 Å². The van der Waals surface area contributed by atoms with Gasteiger partial charge in [-0.15, -0.1) is 0 Å². The minimum Gasteiger partial charge on any atom is -0.346 e. The zero-order valence-corrected chi connectivity index (χ0v) is 13.8. The summed E-state index contributed by atoms with van der Waals surface area (Å²) >= 11 is 0. The van der Waals surface area contributed by atoms with Gasteiger partial charge in [-0.2, -0.15) is 0 Å². The Morgan fingerprint density at radius 1 is 1.32 bits per heavy atom. The highest BCUT2D eigenvalue weighted by molar-refractivity contribution is 5.79. The summed E-state index contributed by atoms with van der Waals surface area (Å²) in [6.45, 7) is 6.86. The number of fused-ring (bicyclic) bond motifs is 1. The highest BCUT2D eigenvalue weighted by Gasteiger charge is 2.25. The van der Waals surface area contributed by atoms with Crippen LogP contribution in [0.3, 0.4) is 0 Å². The van der Waals surface area contributed by atoms with Gasteiger partial charge in [-0.05, 0) is 25.1 Å². The van der Waals surface area contributed by atoms with Crippen LogP contribution in [-0.2, 0) is 4.79 Å². The first kappa shape index (κ1) is 16.5. The molecule has 5 nitrogen and oxygen atoms in total. The molecular weight excluding hydrogens is 276 g/mol. The molecule has 2 rings (SSSR count). The lowest BCUT2D eigenvalue weighted by Crippen LogP contribution is -2.39. The molecule has 1 aromatic heterocycles. The normalized spacial score (nSPS) is 15.5. The molecular formula is C17H26N4O. The number of amides is 1. The van der Waals surface area contributed by atoms with E-state index in [4.69, 9.17) is 0 Å². The predicted octanol–water partition coefficient (Wildman–Crippen LogP) is 2.62. The molecule has 0 bridgehead atoms. The number of carbonyl (C=O) groups excluding carboxylic acids is 1. The average molecular weight is 302 g/mol. The lowest BCUT2D eigenvalue weighted by molar-refractivity contribution is -0.125. The summed E-state index contributed by atoms with van der Waals surface area (Å²) in [6, 6.07) is 7.85. The number of para-hydroxylation sites is 2. The zero-order valence-electron chi connectivity index (χ0n) is 13.8. The number of nitrogens with one attached hydrogen (secondary N) is 3. The van der Waals surface area contributed by atoms with Crippen LogP contribution in [0.2, 0.25) is 0 Å². The standard InChI is InChI=1S/C17H26N4O/c1-5-11(2)15(21-17(22)12(3)10-18-4)16-19-13-8-6-7-9-14(13)20-16/h6-9,11-12,15,18H,5,10H2,1-4H3,(H,19,20)(H,21,22). The molecule has 0 aliphatic heterocycles. The number of rotatable bonds is 7. The van der Waals surface area contributed by atoms with E-state index in [0.717, 1.165) is 23.3 Å². The van der Waals surface area contributed by atoms with Gasteiger partial charge in [0.15, 0.2) is 0 Å². The van der Waals surface area contributed by atoms with E-state index in [9.17, 15) is 4.79 Å². The van der Waals surface area contributed by atoms with Crippen LogP contribution in [0.5, 0.6) is 0 Å². The molecule has 5 heteroatoms. The minimum absolute atomic E-state index is 0.0557. The summed E-state index contributed by atoms with van der Waals surface area (Å²) < 4.78 is 0. The van der Waals surface area contributed by atoms with Crippen LogP contribution in [-0.4, -0.2) is 29.5 Å². The maximum Gasteiger partial charge on any atom is 0.224 e. The molecule has 3 atom stereocenters. The summed E-state index contributed by atoms with van der Waals surface area (Å²) in [5.41, 5.74) is 1.94. The Bertz CT molecular complexity index is 589. The molecule has 0 radical (unpaired) electrons. The number of hydrogen-bond acceptors (Lipinski definition) is 3. The summed E-state index contributed by atoms with van der Waals surface area (Å²) in [5.74, 6) is 1.13. The van der Waals surface area contributed by atoms with Crippen LogP contribution in [0.1, 0.15) is 39.1 Å². The van der Waals surface area contributed by atoms with Gasteiger partial charge in [0.25, 0.3) is 0 Å². The smallest absolute Gasteiger partial charge is 0.224 e. The van der Waals surface area contributed by atoms with Crippen molar-refractivity contribution >= 4 is 16.9 Å². The van der Waals surface area contributed by atoms with Gasteiger partial charge in [0.2, 0.25) is 5.91 Å². The number of benzene rings is 1. The molecule has 1 amide bonds. The number of imidazole rings is 1. The number of nitrogens with zero attached hydrogens (tertiary/aromatic N) is 1. The van der Waals surface area contributed by atoms with Crippen LogP contribution in [0, 0.1) is 11.8 Å². The third-order valence-corrected chi connectivity index (χ3v) is 4.17. The fourth-order valence-corrected chi connectivity index (χ4v) is 2.53. The van der Waals surface area contributed by atoms with Crippen LogP contribution >= 0.6 is 0 Å². The Balaban J connectivity index is 2.24. The number of aromatic nitrogens is 2. The Hall–Kier alpha value is -1.88. The fraction of sp³-hybridized carbons (Fsp3) is 0.529. The molecule has 0 aliphatic rings. The monoisotopic (exact) mass is 302 g/mol. The van der Waals surface area contributed by atoms with E-state index in [-0.39, 0.29) is 17.9 Å². The second-order valence-corrected chi connectivity index (χ2v) is 5.97. The zero-order chi connectivity index (χ0) is 16.1. The summed E-state index contributed by atoms with van der Waals surface area (Å²) in [7, 11) is 1.86. The second kappa shape index (κ2) is 7.40. The minimum atomic E-state index is -0.0933. The second-order valence-electron chi connectivity index (χ2n) is 5.97. The van der Waals surface area contributed by atoms with Gasteiger partial charge in [0.05, 0.1) is 17.1 Å². The number of aromatic amines is 1. The summed E-state index contributed by atoms with van der Waals surface area (Å²) in [4.78, 5) is 20.4. The van der Waals surface area contributed by atoms with Crippen LogP contribution in [0.15, 0.2) is 24.3 Å². The topological polar surface area (TPSA) is 69.8 Å². The molecule has 1 aromatic carbocycles. The molecule has 0 aliphatic carbocycles. The summed E-state index contributed by atoms with van der Waals surface area (Å²) in [6.07, 6.45) is 0.975. The Morgan fingerprint density at radius 3 is 2.68 bits per heavy atom. The van der Waals surface area contributed by atoms with Crippen molar-refractivity contribution in [3.8, 4) is 0 Å². The molecule has 22 heavy (non-hydrogen) atoms. The number of carbonyl (C=O) groups is 1. The van der Waals surface area contributed by atoms with Gasteiger partial charge in [0.1, 0.15) is 5.82 Å². The van der Waals surface area contributed by atoms with Gasteiger partial charge >= 0.3 is 0 Å². The molecule has 0 spiro atoms. The van der Waals surface area contributed by atoms with E-state index in [1.165, 1.54) is 0 Å². The predicted molar refractivity (Wildman–Crippen MR) is 89.5 cm³/mol. The lowest BCUT2D eigenvalue weighted by Gasteiger charge is -2.24. The molecule has 1 heterocycles. The first-order chi connectivity index (χ1) is 10.6. The largest absolute Gasteiger partial charge is 0.346 e. The molecule has 0 saturated heterocycles. The molecule has 120 valence electrons. The molecule has 0 saturated carbocycles. The third kappa shape index (κ3) is 3.65. The van der Waals surface area contributed by atoms with E-state index < -0.39 is 0 Å². The maximum atomic E-state index is 12.4. The van der Waals surface area contributed by atoms with E-state index in [2.05, 4.69) is 34.4 Å². The van der Waals surface area contributed by atoms with Crippen molar-refractivity contribution in [2.75, 3.05) is 13.6 Å². The van der Waals surface area contributed by atoms with Crippen molar-refractivity contribution in [3.05, 3.63) is 30.1 Å². The van der Waals surface area contributed by atoms with E-state index in [0.29, 0.717) is 12.5 Å². The number of H-pyrrole nitrogens is 1. The first-order valence-corrected chi connectivity index (χ1v) is 7.96. The lowest BCUT2D eigenvalue weighted by atomic mass is 9.97. The van der Waals surface area contributed by atoms with E-state index >= 15 is 0 Å². The SMILES string of the molecule is CCC(C)C(NC(=O)C(C)CNC)c1nc2ccccc2[nH]1. The van der Waals surface area contributed by atoms with Crippen molar-refractivity contribution in [3.63, 3.8) is 0 Å². The van der Waals surface area contributed by atoms with Gasteiger partial charge in [-0.3, -0.25) is 4.79 Å². The van der Waals surface area contributed by atoms with E-state index in [1.54, 1.807) is 0 Å². The Labute approximate surface area is 131 Å². The van der Waals surface area contributed by atoms with Crippen molar-refractivity contribution < 1.29 is 4.79 Å². The van der Waals surface area contributed by atoms with Crippen LogP contribution in [0.25, 0.3) is 11.0 Å². The average Bonchev–Trinajstić information content (AvgIpc) is 2.95. The summed E-state index contributed by atoms with van der Waals surface area (Å²) in [5, 5.41) is 6.20. The highest BCUT2D eigenvalue weighted by atomic mass is 16.2. The maximum absolute atomic E-state index is 12.4. The van der Waals surface area contributed by atoms with Gasteiger partial charge in [-0.25, -0.2) is 4.98 Å². The van der Waals surface area contributed by atoms with Crippen LogP contribution in [0.4, 0.5) is 0 Å². The molecule has 2 aromatic rings. The molecule has 3 N–H and O–H groups in total. The number of hydrogen-bond donors (Lipinski definition) is 3. The Kier molecular flexibility index (Phi) is 5.55. The fourth-order valence-electron chi connectivity index (χ4n) is 2.53. The van der Waals surface area contributed by atoms with Gasteiger partial charge in [0, 0.05) is 12.5 Å². The van der Waals surface area contributed by atoms with E-state index in [1.807, 2.05) is 38.2 Å². The highest BCUT2D eigenvalue weighted by Crippen LogP contribution is 2.24. The van der Waals surface area contributed by atoms with Gasteiger partial charge < -0.3 is 15.6 Å². The molecule has 3 unspecified atom stereocenters.